The Bertz CT molecular complexity index is 957. The monoisotopic (exact) mass is 410 g/mol. The Labute approximate surface area is 173 Å². The van der Waals surface area contributed by atoms with Crippen molar-refractivity contribution in [1.82, 2.24) is 10.2 Å². The van der Waals surface area contributed by atoms with Crippen molar-refractivity contribution in [3.63, 3.8) is 0 Å². The number of urea groups is 1. The van der Waals surface area contributed by atoms with Crippen LogP contribution in [0.2, 0.25) is 0 Å². The van der Waals surface area contributed by atoms with Crippen LogP contribution in [-0.4, -0.2) is 48.3 Å². The number of carbonyl (C=O) groups excluding carboxylic acids is 4. The maximum atomic E-state index is 12.8. The molecule has 0 bridgehead atoms. The van der Waals surface area contributed by atoms with Gasteiger partial charge in [0.2, 0.25) is 0 Å². The molecule has 0 saturated carbocycles. The van der Waals surface area contributed by atoms with E-state index in [-0.39, 0.29) is 0 Å². The number of carbonyl (C=O) groups is 4. The number of hydrogen-bond acceptors (Lipinski definition) is 6. The average molecular weight is 410 g/mol. The normalized spacial score (nSPS) is 18.1. The zero-order chi connectivity index (χ0) is 21.7. The highest BCUT2D eigenvalue weighted by molar-refractivity contribution is 6.09. The maximum Gasteiger partial charge on any atom is 0.326 e. The van der Waals surface area contributed by atoms with Crippen molar-refractivity contribution >= 4 is 23.7 Å². The van der Waals surface area contributed by atoms with Gasteiger partial charge in [0.05, 0.1) is 6.61 Å². The molecule has 0 spiro atoms. The maximum absolute atomic E-state index is 12.8. The number of Topliss-reactive ketones (excluding diaryl/α,β-unsaturated/α-hetero) is 1. The van der Waals surface area contributed by atoms with E-state index in [0.717, 1.165) is 4.90 Å². The zero-order valence-corrected chi connectivity index (χ0v) is 16.7. The first-order valence-corrected chi connectivity index (χ1v) is 9.46. The fraction of sp³-hybridized carbons (Fsp3) is 0.273. The Morgan fingerprint density at radius 3 is 2.33 bits per heavy atom. The average Bonchev–Trinajstić information content (AvgIpc) is 2.97. The van der Waals surface area contributed by atoms with E-state index in [0.29, 0.717) is 23.5 Å². The smallest absolute Gasteiger partial charge is 0.326 e. The van der Waals surface area contributed by atoms with Crippen LogP contribution in [0, 0.1) is 0 Å². The van der Waals surface area contributed by atoms with Gasteiger partial charge >= 0.3 is 12.0 Å². The van der Waals surface area contributed by atoms with E-state index in [4.69, 9.17) is 9.47 Å². The Morgan fingerprint density at radius 1 is 1.03 bits per heavy atom. The van der Waals surface area contributed by atoms with Crippen molar-refractivity contribution in [1.29, 1.82) is 0 Å². The highest BCUT2D eigenvalue weighted by Crippen LogP contribution is 2.28. The van der Waals surface area contributed by atoms with Gasteiger partial charge in [-0.1, -0.05) is 30.3 Å². The molecule has 1 N–H and O–H groups in total. The summed E-state index contributed by atoms with van der Waals surface area (Å²) in [6.45, 7) is 2.86. The van der Waals surface area contributed by atoms with E-state index in [1.54, 1.807) is 61.5 Å². The minimum atomic E-state index is -1.27. The van der Waals surface area contributed by atoms with Gasteiger partial charge in [0.1, 0.15) is 17.8 Å². The van der Waals surface area contributed by atoms with Gasteiger partial charge < -0.3 is 14.8 Å². The second kappa shape index (κ2) is 8.77. The largest absolute Gasteiger partial charge is 0.494 e. The van der Waals surface area contributed by atoms with Crippen LogP contribution in [0.3, 0.4) is 0 Å². The third-order valence-corrected chi connectivity index (χ3v) is 4.76. The minimum Gasteiger partial charge on any atom is -0.494 e. The predicted octanol–water partition coefficient (Wildman–Crippen LogP) is 2.28. The molecule has 0 unspecified atom stereocenters. The lowest BCUT2D eigenvalue weighted by molar-refractivity contribution is -0.146. The van der Waals surface area contributed by atoms with Gasteiger partial charge in [-0.15, -0.1) is 0 Å². The van der Waals surface area contributed by atoms with Crippen molar-refractivity contribution in [3.8, 4) is 5.75 Å². The first-order chi connectivity index (χ1) is 14.3. The molecule has 1 saturated heterocycles. The van der Waals surface area contributed by atoms with Gasteiger partial charge in [0.15, 0.2) is 12.4 Å². The molecule has 2 aromatic rings. The minimum absolute atomic E-state index is 0.359. The molecule has 1 fully saturated rings. The molecule has 30 heavy (non-hydrogen) atoms. The van der Waals surface area contributed by atoms with E-state index < -0.39 is 42.4 Å². The molecule has 0 radical (unpaired) electrons. The fourth-order valence-corrected chi connectivity index (χ4v) is 3.12. The summed E-state index contributed by atoms with van der Waals surface area (Å²) in [5.74, 6) is -1.19. The van der Waals surface area contributed by atoms with Crippen molar-refractivity contribution < 1.29 is 28.7 Å². The van der Waals surface area contributed by atoms with Crippen LogP contribution in [0.4, 0.5) is 4.79 Å². The summed E-state index contributed by atoms with van der Waals surface area (Å²) in [5, 5.41) is 2.61. The summed E-state index contributed by atoms with van der Waals surface area (Å²) in [5.41, 5.74) is -0.306. The van der Waals surface area contributed by atoms with Crippen LogP contribution in [-0.2, 0) is 19.9 Å². The Hall–Kier alpha value is -3.68. The third kappa shape index (κ3) is 4.32. The van der Waals surface area contributed by atoms with Gasteiger partial charge in [-0.25, -0.2) is 4.79 Å². The molecular formula is C22H22N2O6. The number of ether oxygens (including phenoxy) is 2. The number of esters is 1. The number of rotatable bonds is 8. The topological polar surface area (TPSA) is 102 Å². The molecule has 3 rings (SSSR count). The van der Waals surface area contributed by atoms with E-state index in [2.05, 4.69) is 5.32 Å². The molecule has 1 aliphatic rings. The molecule has 156 valence electrons. The lowest BCUT2D eigenvalue weighted by Crippen LogP contribution is -2.41. The van der Waals surface area contributed by atoms with Crippen LogP contribution in [0.15, 0.2) is 54.6 Å². The van der Waals surface area contributed by atoms with Gasteiger partial charge in [-0.2, -0.15) is 0 Å². The Balaban J connectivity index is 1.57. The Morgan fingerprint density at radius 2 is 1.70 bits per heavy atom. The number of nitrogens with one attached hydrogen (secondary N) is 1. The molecular weight excluding hydrogens is 388 g/mol. The third-order valence-electron chi connectivity index (χ3n) is 4.76. The quantitative estimate of drug-likeness (QED) is 0.407. The summed E-state index contributed by atoms with van der Waals surface area (Å²) in [7, 11) is 0. The summed E-state index contributed by atoms with van der Waals surface area (Å²) in [6.07, 6.45) is 0. The van der Waals surface area contributed by atoms with Crippen molar-refractivity contribution in [3.05, 3.63) is 65.7 Å². The van der Waals surface area contributed by atoms with Gasteiger partial charge in [0, 0.05) is 5.56 Å². The standard InChI is InChI=1S/C22H22N2O6/c1-3-29-17-11-9-15(10-12-17)18(25)14-30-19(26)13-24-20(27)22(2,23-21(24)28)16-7-5-4-6-8-16/h4-12H,3,13-14H2,1-2H3,(H,23,28)/t22-/m0/s1. The van der Waals surface area contributed by atoms with Gasteiger partial charge in [-0.3, -0.25) is 19.3 Å². The number of hydrogen-bond donors (Lipinski definition) is 1. The van der Waals surface area contributed by atoms with E-state index in [1.165, 1.54) is 0 Å². The molecule has 0 aromatic heterocycles. The first kappa shape index (κ1) is 21.0. The van der Waals surface area contributed by atoms with Crippen molar-refractivity contribution in [2.45, 2.75) is 19.4 Å². The predicted molar refractivity (Wildman–Crippen MR) is 107 cm³/mol. The number of imide groups is 1. The molecule has 1 atom stereocenters. The molecule has 8 heteroatoms. The second-order valence-corrected chi connectivity index (χ2v) is 6.85. The number of nitrogens with zero attached hydrogens (tertiary/aromatic N) is 1. The van der Waals surface area contributed by atoms with Crippen LogP contribution in [0.5, 0.6) is 5.75 Å². The van der Waals surface area contributed by atoms with Crippen LogP contribution in [0.1, 0.15) is 29.8 Å². The highest BCUT2D eigenvalue weighted by atomic mass is 16.5. The zero-order valence-electron chi connectivity index (χ0n) is 16.7. The number of amides is 3. The van der Waals surface area contributed by atoms with Crippen molar-refractivity contribution in [2.75, 3.05) is 19.8 Å². The van der Waals surface area contributed by atoms with Gasteiger partial charge in [-0.05, 0) is 43.7 Å². The molecule has 0 aliphatic carbocycles. The number of benzene rings is 2. The van der Waals surface area contributed by atoms with Crippen LogP contribution >= 0.6 is 0 Å². The summed E-state index contributed by atoms with van der Waals surface area (Å²) >= 11 is 0. The molecule has 1 aliphatic heterocycles. The summed E-state index contributed by atoms with van der Waals surface area (Å²) < 4.78 is 10.3. The van der Waals surface area contributed by atoms with E-state index in [1.807, 2.05) is 6.92 Å². The van der Waals surface area contributed by atoms with Crippen molar-refractivity contribution in [2.24, 2.45) is 0 Å². The highest BCUT2D eigenvalue weighted by Gasteiger charge is 2.49. The van der Waals surface area contributed by atoms with Crippen LogP contribution < -0.4 is 10.1 Å². The van der Waals surface area contributed by atoms with E-state index in [9.17, 15) is 19.2 Å². The van der Waals surface area contributed by atoms with Crippen LogP contribution in [0.25, 0.3) is 0 Å². The SMILES string of the molecule is CCOc1ccc(C(=O)COC(=O)CN2C(=O)N[C@@](C)(c3ccccc3)C2=O)cc1. The second-order valence-electron chi connectivity index (χ2n) is 6.85. The lowest BCUT2D eigenvalue weighted by atomic mass is 9.92. The fourth-order valence-electron chi connectivity index (χ4n) is 3.12. The van der Waals surface area contributed by atoms with E-state index >= 15 is 0 Å². The number of ketones is 1. The lowest BCUT2D eigenvalue weighted by Gasteiger charge is -2.21. The molecule has 1 heterocycles. The Kier molecular flexibility index (Phi) is 6.15. The summed E-state index contributed by atoms with van der Waals surface area (Å²) in [6, 6.07) is 14.5. The molecule has 8 nitrogen and oxygen atoms in total. The summed E-state index contributed by atoms with van der Waals surface area (Å²) in [4.78, 5) is 50.2. The molecule has 2 aromatic carbocycles. The first-order valence-electron chi connectivity index (χ1n) is 9.46. The van der Waals surface area contributed by atoms with Gasteiger partial charge in [0.25, 0.3) is 5.91 Å². The molecule has 3 amide bonds.